The van der Waals surface area contributed by atoms with Crippen molar-refractivity contribution in [2.75, 3.05) is 6.61 Å². The van der Waals surface area contributed by atoms with Crippen molar-refractivity contribution in [1.82, 2.24) is 0 Å². The molecule has 1 aliphatic heterocycles. The van der Waals surface area contributed by atoms with E-state index in [0.29, 0.717) is 6.42 Å². The van der Waals surface area contributed by atoms with E-state index in [2.05, 4.69) is 32.0 Å². The number of rotatable bonds is 4. The molecule has 2 rings (SSSR count). The smallest absolute Gasteiger partial charge is 0.127 e. The fraction of sp³-hybridized carbons (Fsp3) is 0.600. The SMILES string of the molecule is CC(N)C(CCO)c1cccc2c1OC(C)(C)C2. The molecule has 2 unspecified atom stereocenters. The minimum Gasteiger partial charge on any atom is -0.487 e. The van der Waals surface area contributed by atoms with Crippen LogP contribution >= 0.6 is 0 Å². The zero-order chi connectivity index (χ0) is 13.3. The van der Waals surface area contributed by atoms with E-state index in [0.717, 1.165) is 17.7 Å². The van der Waals surface area contributed by atoms with Crippen molar-refractivity contribution in [1.29, 1.82) is 0 Å². The summed E-state index contributed by atoms with van der Waals surface area (Å²) in [6.45, 7) is 6.34. The van der Waals surface area contributed by atoms with Crippen LogP contribution in [0.1, 0.15) is 44.2 Å². The van der Waals surface area contributed by atoms with Gasteiger partial charge in [-0.25, -0.2) is 0 Å². The maximum atomic E-state index is 9.20. The molecule has 2 atom stereocenters. The molecule has 1 aromatic carbocycles. The standard InChI is InChI=1S/C15H23NO2/c1-10(16)12(7-8-17)13-6-4-5-11-9-15(2,3)18-14(11)13/h4-6,10,12,17H,7-9,16H2,1-3H3. The third kappa shape index (κ3) is 2.52. The van der Waals surface area contributed by atoms with Crippen LogP contribution in [-0.2, 0) is 6.42 Å². The first-order chi connectivity index (χ1) is 8.44. The summed E-state index contributed by atoms with van der Waals surface area (Å²) in [5.74, 6) is 1.14. The van der Waals surface area contributed by atoms with Crippen LogP contribution < -0.4 is 10.5 Å². The van der Waals surface area contributed by atoms with Gasteiger partial charge in [-0.3, -0.25) is 0 Å². The van der Waals surface area contributed by atoms with E-state index in [4.69, 9.17) is 10.5 Å². The Morgan fingerprint density at radius 3 is 2.78 bits per heavy atom. The Bertz CT molecular complexity index is 427. The molecule has 3 nitrogen and oxygen atoms in total. The Balaban J connectivity index is 2.38. The van der Waals surface area contributed by atoms with Gasteiger partial charge in [0.15, 0.2) is 0 Å². The number of nitrogens with two attached hydrogens (primary N) is 1. The number of ether oxygens (including phenoxy) is 1. The van der Waals surface area contributed by atoms with Crippen molar-refractivity contribution in [3.63, 3.8) is 0 Å². The van der Waals surface area contributed by atoms with Crippen LogP contribution in [0.15, 0.2) is 18.2 Å². The van der Waals surface area contributed by atoms with Crippen molar-refractivity contribution in [2.45, 2.75) is 51.2 Å². The molecule has 3 N–H and O–H groups in total. The van der Waals surface area contributed by atoms with E-state index < -0.39 is 0 Å². The first kappa shape index (κ1) is 13.4. The van der Waals surface area contributed by atoms with Gasteiger partial charge in [-0.05, 0) is 38.3 Å². The number of aliphatic hydroxyl groups is 1. The zero-order valence-corrected chi connectivity index (χ0v) is 11.4. The largest absolute Gasteiger partial charge is 0.487 e. The zero-order valence-electron chi connectivity index (χ0n) is 11.4. The van der Waals surface area contributed by atoms with Crippen LogP contribution in [0, 0.1) is 0 Å². The van der Waals surface area contributed by atoms with E-state index in [1.807, 2.05) is 6.92 Å². The van der Waals surface area contributed by atoms with Crippen LogP contribution in [0.3, 0.4) is 0 Å². The van der Waals surface area contributed by atoms with Crippen LogP contribution in [0.5, 0.6) is 5.75 Å². The van der Waals surface area contributed by atoms with Crippen molar-refractivity contribution in [3.05, 3.63) is 29.3 Å². The molecule has 100 valence electrons. The molecule has 1 aromatic rings. The molecule has 0 spiro atoms. The number of fused-ring (bicyclic) bond motifs is 1. The van der Waals surface area contributed by atoms with Gasteiger partial charge in [-0.2, -0.15) is 0 Å². The molecule has 0 aliphatic carbocycles. The van der Waals surface area contributed by atoms with E-state index in [1.54, 1.807) is 0 Å². The number of hydrogen-bond acceptors (Lipinski definition) is 3. The van der Waals surface area contributed by atoms with Gasteiger partial charge in [0.1, 0.15) is 11.4 Å². The molecule has 0 fully saturated rings. The van der Waals surface area contributed by atoms with E-state index in [1.165, 1.54) is 5.56 Å². The maximum absolute atomic E-state index is 9.20. The average molecular weight is 249 g/mol. The summed E-state index contributed by atoms with van der Waals surface area (Å²) in [6.07, 6.45) is 1.61. The van der Waals surface area contributed by atoms with Crippen LogP contribution in [0.2, 0.25) is 0 Å². The first-order valence-electron chi connectivity index (χ1n) is 6.62. The van der Waals surface area contributed by atoms with E-state index in [-0.39, 0.29) is 24.2 Å². The van der Waals surface area contributed by atoms with Crippen molar-refractivity contribution >= 4 is 0 Å². The second-order valence-electron chi connectivity index (χ2n) is 5.85. The number of benzene rings is 1. The quantitative estimate of drug-likeness (QED) is 0.860. The normalized spacial score (nSPS) is 20.1. The molecule has 0 radical (unpaired) electrons. The van der Waals surface area contributed by atoms with Gasteiger partial charge in [0.05, 0.1) is 0 Å². The molecule has 0 saturated carbocycles. The van der Waals surface area contributed by atoms with E-state index in [9.17, 15) is 5.11 Å². The highest BCUT2D eigenvalue weighted by Gasteiger charge is 2.33. The lowest BCUT2D eigenvalue weighted by Crippen LogP contribution is -2.27. The minimum atomic E-state index is -0.139. The molecule has 1 heterocycles. The summed E-state index contributed by atoms with van der Waals surface area (Å²) in [5.41, 5.74) is 8.30. The number of aliphatic hydroxyl groups excluding tert-OH is 1. The van der Waals surface area contributed by atoms with Crippen LogP contribution in [0.25, 0.3) is 0 Å². The summed E-state index contributed by atoms with van der Waals surface area (Å²) in [6, 6.07) is 6.26. The summed E-state index contributed by atoms with van der Waals surface area (Å²) >= 11 is 0. The van der Waals surface area contributed by atoms with Crippen LogP contribution in [-0.4, -0.2) is 23.4 Å². The van der Waals surface area contributed by atoms with Crippen molar-refractivity contribution in [3.8, 4) is 5.75 Å². The molecule has 3 heteroatoms. The van der Waals surface area contributed by atoms with Crippen molar-refractivity contribution < 1.29 is 9.84 Å². The minimum absolute atomic E-state index is 0.0102. The Labute approximate surface area is 109 Å². The van der Waals surface area contributed by atoms with Gasteiger partial charge >= 0.3 is 0 Å². The van der Waals surface area contributed by atoms with Gasteiger partial charge in [0.2, 0.25) is 0 Å². The fourth-order valence-electron chi connectivity index (χ4n) is 2.77. The van der Waals surface area contributed by atoms with Crippen LogP contribution in [0.4, 0.5) is 0 Å². The van der Waals surface area contributed by atoms with Gasteiger partial charge in [-0.1, -0.05) is 18.2 Å². The monoisotopic (exact) mass is 249 g/mol. The Morgan fingerprint density at radius 1 is 1.44 bits per heavy atom. The Morgan fingerprint density at radius 2 is 2.17 bits per heavy atom. The molecular formula is C15H23NO2. The predicted molar refractivity (Wildman–Crippen MR) is 72.9 cm³/mol. The highest BCUT2D eigenvalue weighted by Crippen LogP contribution is 2.41. The fourth-order valence-corrected chi connectivity index (χ4v) is 2.77. The molecule has 0 amide bonds. The van der Waals surface area contributed by atoms with Crippen molar-refractivity contribution in [2.24, 2.45) is 5.73 Å². The van der Waals surface area contributed by atoms with Gasteiger partial charge < -0.3 is 15.6 Å². The summed E-state index contributed by atoms with van der Waals surface area (Å²) in [4.78, 5) is 0. The third-order valence-electron chi connectivity index (χ3n) is 3.60. The Hall–Kier alpha value is -1.06. The number of para-hydroxylation sites is 1. The molecule has 1 aliphatic rings. The summed E-state index contributed by atoms with van der Waals surface area (Å²) in [7, 11) is 0. The third-order valence-corrected chi connectivity index (χ3v) is 3.60. The summed E-state index contributed by atoms with van der Waals surface area (Å²) in [5, 5.41) is 9.20. The van der Waals surface area contributed by atoms with E-state index >= 15 is 0 Å². The molecule has 0 saturated heterocycles. The lowest BCUT2D eigenvalue weighted by atomic mass is 9.88. The second kappa shape index (κ2) is 4.90. The highest BCUT2D eigenvalue weighted by atomic mass is 16.5. The lowest BCUT2D eigenvalue weighted by molar-refractivity contribution is 0.136. The van der Waals surface area contributed by atoms with Gasteiger partial charge in [0.25, 0.3) is 0 Å². The topological polar surface area (TPSA) is 55.5 Å². The number of hydrogen-bond donors (Lipinski definition) is 2. The molecule has 0 bridgehead atoms. The average Bonchev–Trinajstić information content (AvgIpc) is 2.59. The Kier molecular flexibility index (Phi) is 3.64. The summed E-state index contributed by atoms with van der Waals surface area (Å²) < 4.78 is 6.07. The first-order valence-corrected chi connectivity index (χ1v) is 6.62. The molecule has 18 heavy (non-hydrogen) atoms. The lowest BCUT2D eigenvalue weighted by Gasteiger charge is -2.24. The molecular weight excluding hydrogens is 226 g/mol. The predicted octanol–water partition coefficient (Wildman–Crippen LogP) is 2.21. The molecule has 0 aromatic heterocycles. The van der Waals surface area contributed by atoms with Gasteiger partial charge in [0, 0.05) is 25.0 Å². The van der Waals surface area contributed by atoms with Gasteiger partial charge in [-0.15, -0.1) is 0 Å². The second-order valence-corrected chi connectivity index (χ2v) is 5.85. The maximum Gasteiger partial charge on any atom is 0.127 e. The highest BCUT2D eigenvalue weighted by molar-refractivity contribution is 5.47.